The lowest BCUT2D eigenvalue weighted by molar-refractivity contribution is 0.0983. The van der Waals surface area contributed by atoms with Crippen LogP contribution >= 0.6 is 0 Å². The molecule has 20 heavy (non-hydrogen) atoms. The summed E-state index contributed by atoms with van der Waals surface area (Å²) in [6.45, 7) is 9.75. The smallest absolute Gasteiger partial charge is 0.121 e. The molecule has 1 aromatic rings. The third-order valence-corrected chi connectivity index (χ3v) is 4.36. The summed E-state index contributed by atoms with van der Waals surface area (Å²) in [5.41, 5.74) is 8.57. The number of aryl methyl sites for hydroxylation is 1. The number of methoxy groups -OCH3 is 1. The van der Waals surface area contributed by atoms with E-state index in [1.165, 1.54) is 17.5 Å². The summed E-state index contributed by atoms with van der Waals surface area (Å²) >= 11 is 0. The molecule has 1 saturated heterocycles. The number of nitrogens with two attached hydrogens (primary N) is 1. The SMILES string of the molecule is COc1ccc(C(CN)N2CC(C)CC(C)C2)cc1C. The van der Waals surface area contributed by atoms with Crippen molar-refractivity contribution in [2.24, 2.45) is 17.6 Å². The van der Waals surface area contributed by atoms with Gasteiger partial charge in [0.25, 0.3) is 0 Å². The van der Waals surface area contributed by atoms with Crippen molar-refractivity contribution in [3.8, 4) is 5.75 Å². The summed E-state index contributed by atoms with van der Waals surface area (Å²) in [6, 6.07) is 6.77. The van der Waals surface area contributed by atoms with E-state index in [9.17, 15) is 0 Å². The van der Waals surface area contributed by atoms with E-state index >= 15 is 0 Å². The van der Waals surface area contributed by atoms with E-state index in [1.807, 2.05) is 0 Å². The molecule has 3 unspecified atom stereocenters. The Labute approximate surface area is 123 Å². The first-order valence-corrected chi connectivity index (χ1v) is 7.63. The minimum Gasteiger partial charge on any atom is -0.496 e. The summed E-state index contributed by atoms with van der Waals surface area (Å²) in [6.07, 6.45) is 1.33. The maximum Gasteiger partial charge on any atom is 0.121 e. The summed E-state index contributed by atoms with van der Waals surface area (Å²) < 4.78 is 5.35. The van der Waals surface area contributed by atoms with Gasteiger partial charge in [-0.2, -0.15) is 0 Å². The lowest BCUT2D eigenvalue weighted by Crippen LogP contribution is -2.43. The van der Waals surface area contributed by atoms with Crippen LogP contribution in [0.2, 0.25) is 0 Å². The Morgan fingerprint density at radius 3 is 2.45 bits per heavy atom. The highest BCUT2D eigenvalue weighted by Gasteiger charge is 2.27. The normalized spacial score (nSPS) is 25.4. The highest BCUT2D eigenvalue weighted by atomic mass is 16.5. The van der Waals surface area contributed by atoms with Crippen LogP contribution in [0.1, 0.15) is 37.4 Å². The van der Waals surface area contributed by atoms with Gasteiger partial charge in [0.05, 0.1) is 7.11 Å². The first kappa shape index (κ1) is 15.3. The van der Waals surface area contributed by atoms with Crippen LogP contribution in [0.4, 0.5) is 0 Å². The molecule has 2 N–H and O–H groups in total. The van der Waals surface area contributed by atoms with Gasteiger partial charge in [-0.05, 0) is 42.4 Å². The minimum atomic E-state index is 0.324. The van der Waals surface area contributed by atoms with Gasteiger partial charge in [-0.3, -0.25) is 4.90 Å². The fraction of sp³-hybridized carbons (Fsp3) is 0.647. The van der Waals surface area contributed by atoms with E-state index in [2.05, 4.69) is 43.9 Å². The number of benzene rings is 1. The summed E-state index contributed by atoms with van der Waals surface area (Å²) in [4.78, 5) is 2.56. The standard InChI is InChI=1S/C17H28N2O/c1-12-7-13(2)11-19(10-12)16(9-18)15-5-6-17(20-4)14(3)8-15/h5-6,8,12-13,16H,7,9-11,18H2,1-4H3. The Balaban J connectivity index is 2.21. The molecule has 0 radical (unpaired) electrons. The molecule has 1 aliphatic heterocycles. The van der Waals surface area contributed by atoms with E-state index in [0.717, 1.165) is 30.7 Å². The van der Waals surface area contributed by atoms with Crippen LogP contribution in [0.15, 0.2) is 18.2 Å². The molecule has 3 heteroatoms. The maximum absolute atomic E-state index is 6.07. The Morgan fingerprint density at radius 1 is 1.30 bits per heavy atom. The molecule has 0 spiro atoms. The number of nitrogens with zero attached hydrogens (tertiary/aromatic N) is 1. The van der Waals surface area contributed by atoms with Gasteiger partial charge in [-0.1, -0.05) is 26.0 Å². The fourth-order valence-corrected chi connectivity index (χ4v) is 3.57. The number of likely N-dealkylation sites (tertiary alicyclic amines) is 1. The Morgan fingerprint density at radius 2 is 1.95 bits per heavy atom. The van der Waals surface area contributed by atoms with Crippen molar-refractivity contribution in [3.63, 3.8) is 0 Å². The second-order valence-electron chi connectivity index (χ2n) is 6.38. The van der Waals surface area contributed by atoms with Crippen LogP contribution in [0, 0.1) is 18.8 Å². The fourth-order valence-electron chi connectivity index (χ4n) is 3.57. The second-order valence-corrected chi connectivity index (χ2v) is 6.38. The van der Waals surface area contributed by atoms with E-state index in [-0.39, 0.29) is 0 Å². The molecule has 0 amide bonds. The van der Waals surface area contributed by atoms with Gasteiger partial charge >= 0.3 is 0 Å². The quantitative estimate of drug-likeness (QED) is 0.919. The van der Waals surface area contributed by atoms with Gasteiger partial charge in [0.2, 0.25) is 0 Å². The molecule has 1 fully saturated rings. The molecule has 1 aromatic carbocycles. The van der Waals surface area contributed by atoms with Gasteiger partial charge in [-0.25, -0.2) is 0 Å². The average molecular weight is 276 g/mol. The molecule has 1 heterocycles. The van der Waals surface area contributed by atoms with Crippen molar-refractivity contribution >= 4 is 0 Å². The lowest BCUT2D eigenvalue weighted by Gasteiger charge is -2.40. The number of piperidine rings is 1. The van der Waals surface area contributed by atoms with Gasteiger partial charge < -0.3 is 10.5 Å². The Hall–Kier alpha value is -1.06. The molecule has 0 aliphatic carbocycles. The van der Waals surface area contributed by atoms with E-state index in [4.69, 9.17) is 10.5 Å². The van der Waals surface area contributed by atoms with Gasteiger partial charge in [0.15, 0.2) is 0 Å². The zero-order valence-electron chi connectivity index (χ0n) is 13.2. The maximum atomic E-state index is 6.07. The van der Waals surface area contributed by atoms with Crippen LogP contribution in [-0.4, -0.2) is 31.6 Å². The summed E-state index contributed by atoms with van der Waals surface area (Å²) in [5, 5.41) is 0. The number of ether oxygens (including phenoxy) is 1. The number of rotatable bonds is 4. The average Bonchev–Trinajstić information content (AvgIpc) is 2.38. The topological polar surface area (TPSA) is 38.5 Å². The molecule has 3 atom stereocenters. The van der Waals surface area contributed by atoms with Crippen molar-refractivity contribution in [1.82, 2.24) is 4.90 Å². The van der Waals surface area contributed by atoms with E-state index in [0.29, 0.717) is 12.6 Å². The lowest BCUT2D eigenvalue weighted by atomic mass is 9.89. The highest BCUT2D eigenvalue weighted by molar-refractivity contribution is 5.37. The first-order chi connectivity index (χ1) is 9.55. The van der Waals surface area contributed by atoms with Crippen LogP contribution in [0.5, 0.6) is 5.75 Å². The molecule has 0 saturated carbocycles. The summed E-state index contributed by atoms with van der Waals surface area (Å²) in [5.74, 6) is 2.46. The van der Waals surface area contributed by atoms with Crippen LogP contribution in [0.25, 0.3) is 0 Å². The first-order valence-electron chi connectivity index (χ1n) is 7.63. The predicted octanol–water partition coefficient (Wildman–Crippen LogP) is 2.98. The molecular weight excluding hydrogens is 248 g/mol. The van der Waals surface area contributed by atoms with Gasteiger partial charge in [-0.15, -0.1) is 0 Å². The van der Waals surface area contributed by atoms with E-state index < -0.39 is 0 Å². The van der Waals surface area contributed by atoms with Crippen LogP contribution < -0.4 is 10.5 Å². The molecule has 112 valence electrons. The number of hydrogen-bond donors (Lipinski definition) is 1. The molecule has 3 nitrogen and oxygen atoms in total. The Bertz CT molecular complexity index is 437. The molecule has 0 aromatic heterocycles. The second kappa shape index (κ2) is 6.59. The number of hydrogen-bond acceptors (Lipinski definition) is 3. The molecule has 1 aliphatic rings. The monoisotopic (exact) mass is 276 g/mol. The van der Waals surface area contributed by atoms with Crippen LogP contribution in [0.3, 0.4) is 0 Å². The molecule has 2 rings (SSSR count). The predicted molar refractivity (Wildman–Crippen MR) is 84.0 cm³/mol. The van der Waals surface area contributed by atoms with Crippen molar-refractivity contribution in [1.29, 1.82) is 0 Å². The van der Waals surface area contributed by atoms with Crippen molar-refractivity contribution in [2.75, 3.05) is 26.7 Å². The largest absolute Gasteiger partial charge is 0.496 e. The minimum absolute atomic E-state index is 0.324. The highest BCUT2D eigenvalue weighted by Crippen LogP contribution is 2.30. The van der Waals surface area contributed by atoms with E-state index in [1.54, 1.807) is 7.11 Å². The third kappa shape index (κ3) is 3.33. The van der Waals surface area contributed by atoms with Crippen molar-refractivity contribution in [3.05, 3.63) is 29.3 Å². The zero-order valence-corrected chi connectivity index (χ0v) is 13.2. The van der Waals surface area contributed by atoms with Gasteiger partial charge in [0, 0.05) is 25.7 Å². The van der Waals surface area contributed by atoms with Crippen molar-refractivity contribution < 1.29 is 4.74 Å². The summed E-state index contributed by atoms with van der Waals surface area (Å²) in [7, 11) is 1.72. The van der Waals surface area contributed by atoms with Crippen LogP contribution in [-0.2, 0) is 0 Å². The molecular formula is C17H28N2O. The molecule has 0 bridgehead atoms. The zero-order chi connectivity index (χ0) is 14.7. The van der Waals surface area contributed by atoms with Gasteiger partial charge in [0.1, 0.15) is 5.75 Å². The van der Waals surface area contributed by atoms with Crippen molar-refractivity contribution in [2.45, 2.75) is 33.2 Å². The Kier molecular flexibility index (Phi) is 5.06. The third-order valence-electron chi connectivity index (χ3n) is 4.36.